The lowest BCUT2D eigenvalue weighted by Crippen LogP contribution is -2.43. The molecule has 0 saturated carbocycles. The van der Waals surface area contributed by atoms with Crippen molar-refractivity contribution in [2.24, 2.45) is 0 Å². The van der Waals surface area contributed by atoms with Crippen molar-refractivity contribution in [2.75, 3.05) is 17.8 Å². The lowest BCUT2D eigenvalue weighted by molar-refractivity contribution is 0.256. The van der Waals surface area contributed by atoms with E-state index in [-0.39, 0.29) is 40.4 Å². The van der Waals surface area contributed by atoms with Crippen LogP contribution < -0.4 is 10.3 Å². The number of hydrogen-bond acceptors (Lipinski definition) is 5. The van der Waals surface area contributed by atoms with Crippen molar-refractivity contribution in [2.45, 2.75) is 18.9 Å². The topological polar surface area (TPSA) is 108 Å². The van der Waals surface area contributed by atoms with E-state index in [0.717, 1.165) is 10.4 Å². The number of rotatable bonds is 4. The van der Waals surface area contributed by atoms with Gasteiger partial charge in [-0.2, -0.15) is 23.1 Å². The molecule has 0 amide bonds. The van der Waals surface area contributed by atoms with Crippen LogP contribution in [0.4, 0.5) is 10.1 Å². The van der Waals surface area contributed by atoms with E-state index in [1.54, 1.807) is 6.07 Å². The largest absolute Gasteiger partial charge is 0.301 e. The van der Waals surface area contributed by atoms with Crippen molar-refractivity contribution in [3.8, 4) is 6.07 Å². The van der Waals surface area contributed by atoms with E-state index in [0.29, 0.717) is 12.8 Å². The first kappa shape index (κ1) is 20.5. The van der Waals surface area contributed by atoms with Crippen molar-refractivity contribution in [3.63, 3.8) is 0 Å². The van der Waals surface area contributed by atoms with Crippen molar-refractivity contribution in [1.29, 1.82) is 5.26 Å². The Kier molecular flexibility index (Phi) is 5.90. The molecule has 3 rings (SSSR count). The van der Waals surface area contributed by atoms with Crippen LogP contribution in [0.1, 0.15) is 24.4 Å². The molecule has 2 aromatic rings. The van der Waals surface area contributed by atoms with Crippen LogP contribution >= 0.6 is 23.2 Å². The summed E-state index contributed by atoms with van der Waals surface area (Å²) in [5.41, 5.74) is -0.697. The average molecular weight is 446 g/mol. The standard InChI is InChI=1S/C16H14Cl2FN5O3S/c17-12-9-21-24(16(25)15(12)18)11-3-5-23(6-4-11)28(26,27)22-14-2-1-10(8-20)7-13(14)19/h1-2,7,9,11,22H,3-6H2. The molecule has 8 nitrogen and oxygen atoms in total. The molecule has 0 aliphatic carbocycles. The van der Waals surface area contributed by atoms with Crippen molar-refractivity contribution in [3.05, 3.63) is 56.2 Å². The molecule has 2 heterocycles. The molecule has 0 atom stereocenters. The second kappa shape index (κ2) is 8.05. The molecule has 0 radical (unpaired) electrons. The second-order valence-electron chi connectivity index (χ2n) is 6.10. The van der Waals surface area contributed by atoms with Crippen LogP contribution in [0.25, 0.3) is 0 Å². The Bertz CT molecular complexity index is 1110. The van der Waals surface area contributed by atoms with Crippen LogP contribution in [0.2, 0.25) is 10.0 Å². The number of anilines is 1. The summed E-state index contributed by atoms with van der Waals surface area (Å²) in [4.78, 5) is 12.2. The maximum atomic E-state index is 14.0. The molecule has 1 N–H and O–H groups in total. The van der Waals surface area contributed by atoms with Gasteiger partial charge in [-0.05, 0) is 31.0 Å². The van der Waals surface area contributed by atoms with Crippen LogP contribution in [0.5, 0.6) is 0 Å². The van der Waals surface area contributed by atoms with Gasteiger partial charge >= 0.3 is 10.2 Å². The fraction of sp³-hybridized carbons (Fsp3) is 0.312. The molecule has 0 unspecified atom stereocenters. The molecule has 28 heavy (non-hydrogen) atoms. The van der Waals surface area contributed by atoms with Crippen molar-refractivity contribution >= 4 is 39.1 Å². The van der Waals surface area contributed by atoms with E-state index < -0.39 is 21.6 Å². The predicted octanol–water partition coefficient (Wildman–Crippen LogP) is 2.55. The summed E-state index contributed by atoms with van der Waals surface area (Å²) in [5, 5.41) is 12.6. The van der Waals surface area contributed by atoms with Gasteiger partial charge in [0.05, 0.1) is 34.6 Å². The van der Waals surface area contributed by atoms with Gasteiger partial charge in [-0.15, -0.1) is 0 Å². The Morgan fingerprint density at radius 2 is 1.96 bits per heavy atom. The highest BCUT2D eigenvalue weighted by Crippen LogP contribution is 2.25. The first-order chi connectivity index (χ1) is 13.2. The Morgan fingerprint density at radius 3 is 2.57 bits per heavy atom. The fourth-order valence-electron chi connectivity index (χ4n) is 2.88. The Balaban J connectivity index is 1.71. The summed E-state index contributed by atoms with van der Waals surface area (Å²) >= 11 is 11.6. The van der Waals surface area contributed by atoms with E-state index in [1.807, 2.05) is 0 Å². The van der Waals surface area contributed by atoms with Gasteiger partial charge in [-0.3, -0.25) is 9.52 Å². The summed E-state index contributed by atoms with van der Waals surface area (Å²) in [6.45, 7) is 0.207. The number of nitrogens with zero attached hydrogens (tertiary/aromatic N) is 4. The molecule has 1 aliphatic rings. The highest BCUT2D eigenvalue weighted by atomic mass is 35.5. The molecule has 1 saturated heterocycles. The average Bonchev–Trinajstić information content (AvgIpc) is 2.68. The summed E-state index contributed by atoms with van der Waals surface area (Å²) in [7, 11) is -4.00. The van der Waals surface area contributed by atoms with Crippen LogP contribution in [0.15, 0.2) is 29.2 Å². The van der Waals surface area contributed by atoms with Gasteiger partial charge in [-0.1, -0.05) is 23.2 Å². The van der Waals surface area contributed by atoms with E-state index in [4.69, 9.17) is 28.5 Å². The van der Waals surface area contributed by atoms with Crippen LogP contribution in [0, 0.1) is 17.1 Å². The first-order valence-corrected chi connectivity index (χ1v) is 10.3. The quantitative estimate of drug-likeness (QED) is 0.777. The zero-order valence-electron chi connectivity index (χ0n) is 14.3. The molecule has 12 heteroatoms. The number of piperidine rings is 1. The molecule has 1 aromatic carbocycles. The summed E-state index contributed by atoms with van der Waals surface area (Å²) in [6, 6.07) is 4.90. The SMILES string of the molecule is N#Cc1ccc(NS(=O)(=O)N2CCC(n3ncc(Cl)c(Cl)c3=O)CC2)c(F)c1. The molecule has 1 aliphatic heterocycles. The van der Waals surface area contributed by atoms with E-state index in [1.165, 1.54) is 23.0 Å². The first-order valence-electron chi connectivity index (χ1n) is 8.13. The molecule has 148 valence electrons. The van der Waals surface area contributed by atoms with Crippen molar-refractivity contribution < 1.29 is 12.8 Å². The minimum Gasteiger partial charge on any atom is -0.268 e. The maximum Gasteiger partial charge on any atom is 0.301 e. The van der Waals surface area contributed by atoms with E-state index >= 15 is 0 Å². The lowest BCUT2D eigenvalue weighted by atomic mass is 10.1. The Labute approximate surface area is 170 Å². The molecular weight excluding hydrogens is 432 g/mol. The minimum absolute atomic E-state index is 0.0524. The van der Waals surface area contributed by atoms with Crippen molar-refractivity contribution in [1.82, 2.24) is 14.1 Å². The van der Waals surface area contributed by atoms with Gasteiger partial charge in [0.15, 0.2) is 0 Å². The third-order valence-corrected chi connectivity index (χ3v) is 6.62. The Hall–Kier alpha value is -2.19. The number of halogens is 3. The molecule has 1 fully saturated rings. The molecule has 0 bridgehead atoms. The van der Waals surface area contributed by atoms with Gasteiger partial charge in [0, 0.05) is 13.1 Å². The zero-order valence-corrected chi connectivity index (χ0v) is 16.6. The van der Waals surface area contributed by atoms with Gasteiger partial charge in [0.25, 0.3) is 5.56 Å². The van der Waals surface area contributed by atoms with E-state index in [9.17, 15) is 17.6 Å². The maximum absolute atomic E-state index is 14.0. The number of benzene rings is 1. The summed E-state index contributed by atoms with van der Waals surface area (Å²) in [5.74, 6) is -0.843. The van der Waals surface area contributed by atoms with Gasteiger partial charge in [0.2, 0.25) is 0 Å². The smallest absolute Gasteiger partial charge is 0.268 e. The number of nitrogens with one attached hydrogen (secondary N) is 1. The number of nitriles is 1. The minimum atomic E-state index is -4.00. The highest BCUT2D eigenvalue weighted by Gasteiger charge is 2.30. The second-order valence-corrected chi connectivity index (χ2v) is 8.56. The van der Waals surface area contributed by atoms with Crippen LogP contribution in [0.3, 0.4) is 0 Å². The van der Waals surface area contributed by atoms with E-state index in [2.05, 4.69) is 9.82 Å². The lowest BCUT2D eigenvalue weighted by Gasteiger charge is -2.31. The zero-order chi connectivity index (χ0) is 20.5. The third-order valence-electron chi connectivity index (χ3n) is 4.35. The van der Waals surface area contributed by atoms with Gasteiger partial charge < -0.3 is 0 Å². The van der Waals surface area contributed by atoms with Gasteiger partial charge in [-0.25, -0.2) is 9.07 Å². The fourth-order valence-corrected chi connectivity index (χ4v) is 4.41. The monoisotopic (exact) mass is 445 g/mol. The molecule has 0 spiro atoms. The molecule has 1 aromatic heterocycles. The third kappa shape index (κ3) is 4.12. The van der Waals surface area contributed by atoms with Crippen LogP contribution in [-0.4, -0.2) is 35.6 Å². The number of hydrogen-bond donors (Lipinski definition) is 1. The van der Waals surface area contributed by atoms with Crippen LogP contribution in [-0.2, 0) is 10.2 Å². The highest BCUT2D eigenvalue weighted by molar-refractivity contribution is 7.90. The van der Waals surface area contributed by atoms with Gasteiger partial charge in [0.1, 0.15) is 10.8 Å². The summed E-state index contributed by atoms with van der Waals surface area (Å²) in [6.07, 6.45) is 1.91. The predicted molar refractivity (Wildman–Crippen MR) is 102 cm³/mol. The number of aromatic nitrogens is 2. The molecular formula is C16H14Cl2FN5O3S. The normalized spacial score (nSPS) is 15.9. The summed E-state index contributed by atoms with van der Waals surface area (Å²) < 4.78 is 43.6. The Morgan fingerprint density at radius 1 is 1.29 bits per heavy atom.